The molecule has 21 heavy (non-hydrogen) atoms. The van der Waals surface area contributed by atoms with Crippen molar-refractivity contribution in [1.29, 1.82) is 0 Å². The van der Waals surface area contributed by atoms with Gasteiger partial charge in [-0.1, -0.05) is 26.0 Å². The summed E-state index contributed by atoms with van der Waals surface area (Å²) < 4.78 is 0. The summed E-state index contributed by atoms with van der Waals surface area (Å²) in [5.74, 6) is -0.0648. The maximum atomic E-state index is 12.6. The van der Waals surface area contributed by atoms with Crippen LogP contribution >= 0.6 is 0 Å². The number of allylic oxidation sites excluding steroid dienone is 1. The van der Waals surface area contributed by atoms with Crippen LogP contribution in [0, 0.1) is 13.8 Å². The lowest BCUT2D eigenvalue weighted by Gasteiger charge is -2.16. The van der Waals surface area contributed by atoms with Crippen molar-refractivity contribution < 1.29 is 4.79 Å². The van der Waals surface area contributed by atoms with Gasteiger partial charge in [0.2, 0.25) is 0 Å². The lowest BCUT2D eigenvalue weighted by molar-refractivity contribution is 0.0869. The first kappa shape index (κ1) is 16.9. The number of carbonyl (C=O) groups is 1. The molecule has 0 atom stereocenters. The summed E-state index contributed by atoms with van der Waals surface area (Å²) in [7, 11) is 0. The number of benzene rings is 1. The smallest absolute Gasteiger partial charge is 0.262 e. The Bertz CT molecular complexity index is 571. The van der Waals surface area contributed by atoms with Gasteiger partial charge >= 0.3 is 0 Å². The van der Waals surface area contributed by atoms with Crippen LogP contribution in [0.4, 0.5) is 5.69 Å². The normalized spacial score (nSPS) is 11.2. The van der Waals surface area contributed by atoms with Gasteiger partial charge in [-0.2, -0.15) is 0 Å². The Hall–Kier alpha value is -2.16. The predicted octanol–water partition coefficient (Wildman–Crippen LogP) is 4.93. The SMILES string of the molecule is C=CN(/C=C\CCC)C(=O)c1cc(C)c(N=CC)cc1C. The quantitative estimate of drug-likeness (QED) is 0.682. The fourth-order valence-electron chi connectivity index (χ4n) is 2.01. The van der Waals surface area contributed by atoms with E-state index >= 15 is 0 Å². The summed E-state index contributed by atoms with van der Waals surface area (Å²) in [5.41, 5.74) is 3.49. The third-order valence-electron chi connectivity index (χ3n) is 3.19. The van der Waals surface area contributed by atoms with Crippen LogP contribution in [0.2, 0.25) is 0 Å². The van der Waals surface area contributed by atoms with Crippen LogP contribution in [0.15, 0.2) is 42.2 Å². The molecule has 0 aliphatic rings. The molecule has 0 fully saturated rings. The molecule has 0 saturated carbocycles. The predicted molar refractivity (Wildman–Crippen MR) is 90.2 cm³/mol. The monoisotopic (exact) mass is 284 g/mol. The van der Waals surface area contributed by atoms with Crippen molar-refractivity contribution in [3.63, 3.8) is 0 Å². The summed E-state index contributed by atoms with van der Waals surface area (Å²) in [6, 6.07) is 3.84. The second-order valence-electron chi connectivity index (χ2n) is 4.91. The molecule has 0 saturated heterocycles. The lowest BCUT2D eigenvalue weighted by Crippen LogP contribution is -2.20. The number of hydrogen-bond acceptors (Lipinski definition) is 2. The maximum Gasteiger partial charge on any atom is 0.262 e. The van der Waals surface area contributed by atoms with E-state index in [4.69, 9.17) is 0 Å². The van der Waals surface area contributed by atoms with Crippen molar-refractivity contribution in [2.45, 2.75) is 40.5 Å². The van der Waals surface area contributed by atoms with Gasteiger partial charge in [-0.3, -0.25) is 14.7 Å². The molecular formula is C18H24N2O. The average Bonchev–Trinajstić information content (AvgIpc) is 2.47. The summed E-state index contributed by atoms with van der Waals surface area (Å²) in [6.07, 6.45) is 9.06. The van der Waals surface area contributed by atoms with Crippen LogP contribution in [-0.4, -0.2) is 17.0 Å². The van der Waals surface area contributed by atoms with Crippen LogP contribution in [0.5, 0.6) is 0 Å². The molecule has 0 N–H and O–H groups in total. The number of aliphatic imine (C=N–C) groups is 1. The second kappa shape index (κ2) is 8.20. The molecule has 1 amide bonds. The van der Waals surface area contributed by atoms with E-state index in [0.29, 0.717) is 5.56 Å². The Balaban J connectivity index is 3.11. The summed E-state index contributed by atoms with van der Waals surface area (Å²) in [4.78, 5) is 18.4. The van der Waals surface area contributed by atoms with E-state index in [1.165, 1.54) is 4.90 Å². The number of aryl methyl sites for hydroxylation is 2. The van der Waals surface area contributed by atoms with Gasteiger partial charge in [0.05, 0.1) is 5.69 Å². The first-order chi connectivity index (χ1) is 10.0. The number of carbonyl (C=O) groups excluding carboxylic acids is 1. The first-order valence-electron chi connectivity index (χ1n) is 7.26. The molecule has 112 valence electrons. The van der Waals surface area contributed by atoms with Crippen molar-refractivity contribution in [3.8, 4) is 0 Å². The van der Waals surface area contributed by atoms with Crippen molar-refractivity contribution in [1.82, 2.24) is 4.90 Å². The fourth-order valence-corrected chi connectivity index (χ4v) is 2.01. The molecule has 0 bridgehead atoms. The van der Waals surface area contributed by atoms with Crippen molar-refractivity contribution in [2.75, 3.05) is 0 Å². The highest BCUT2D eigenvalue weighted by molar-refractivity contribution is 5.97. The largest absolute Gasteiger partial charge is 0.292 e. The highest BCUT2D eigenvalue weighted by Crippen LogP contribution is 2.24. The Morgan fingerprint density at radius 1 is 1.33 bits per heavy atom. The molecule has 3 nitrogen and oxygen atoms in total. The lowest BCUT2D eigenvalue weighted by atomic mass is 10.0. The van der Waals surface area contributed by atoms with Crippen LogP contribution in [0.25, 0.3) is 0 Å². The van der Waals surface area contributed by atoms with Gasteiger partial charge < -0.3 is 0 Å². The van der Waals surface area contributed by atoms with Gasteiger partial charge in [-0.05, 0) is 50.5 Å². The number of hydrogen-bond donors (Lipinski definition) is 0. The molecule has 0 unspecified atom stereocenters. The molecule has 0 aromatic heterocycles. The third kappa shape index (κ3) is 4.42. The van der Waals surface area contributed by atoms with Crippen molar-refractivity contribution >= 4 is 17.8 Å². The third-order valence-corrected chi connectivity index (χ3v) is 3.19. The molecule has 0 heterocycles. The summed E-state index contributed by atoms with van der Waals surface area (Å²) >= 11 is 0. The van der Waals surface area contributed by atoms with E-state index < -0.39 is 0 Å². The zero-order chi connectivity index (χ0) is 15.8. The Morgan fingerprint density at radius 2 is 2.05 bits per heavy atom. The molecule has 0 radical (unpaired) electrons. The number of unbranched alkanes of at least 4 members (excludes halogenated alkanes) is 1. The molecule has 1 aromatic carbocycles. The Kier molecular flexibility index (Phi) is 6.60. The van der Waals surface area contributed by atoms with Gasteiger partial charge in [-0.15, -0.1) is 0 Å². The first-order valence-corrected chi connectivity index (χ1v) is 7.26. The Morgan fingerprint density at radius 3 is 2.62 bits per heavy atom. The van der Waals surface area contributed by atoms with Gasteiger partial charge in [0.15, 0.2) is 0 Å². The molecule has 1 rings (SSSR count). The number of amides is 1. The number of nitrogens with zero attached hydrogens (tertiary/aromatic N) is 2. The van der Waals surface area contributed by atoms with Crippen LogP contribution in [-0.2, 0) is 0 Å². The van der Waals surface area contributed by atoms with Gasteiger partial charge in [0.1, 0.15) is 0 Å². The van der Waals surface area contributed by atoms with Gasteiger partial charge in [-0.25, -0.2) is 0 Å². The molecule has 0 aliphatic carbocycles. The van der Waals surface area contributed by atoms with E-state index in [2.05, 4.69) is 18.5 Å². The maximum absolute atomic E-state index is 12.6. The zero-order valence-corrected chi connectivity index (χ0v) is 13.4. The van der Waals surface area contributed by atoms with E-state index in [-0.39, 0.29) is 5.91 Å². The van der Waals surface area contributed by atoms with Crippen molar-refractivity contribution in [3.05, 3.63) is 53.9 Å². The molecule has 0 aliphatic heterocycles. The van der Waals surface area contributed by atoms with E-state index in [1.807, 2.05) is 39.0 Å². The molecule has 0 spiro atoms. The van der Waals surface area contributed by atoms with Crippen LogP contribution < -0.4 is 0 Å². The summed E-state index contributed by atoms with van der Waals surface area (Å²) in [5, 5.41) is 0. The minimum atomic E-state index is -0.0648. The van der Waals surface area contributed by atoms with Gasteiger partial charge in [0.25, 0.3) is 5.91 Å². The Labute approximate surface area is 127 Å². The topological polar surface area (TPSA) is 32.7 Å². The average molecular weight is 284 g/mol. The standard InChI is InChI=1S/C18H24N2O/c1-6-9-10-11-20(8-3)18(21)16-12-15(5)17(19-7-2)13-14(16)4/h7-8,10-13H,3,6,9H2,1-2,4-5H3/b11-10-,19-7?. The van der Waals surface area contributed by atoms with Crippen LogP contribution in [0.3, 0.4) is 0 Å². The molecule has 1 aromatic rings. The fraction of sp³-hybridized carbons (Fsp3) is 0.333. The molecule has 3 heteroatoms. The number of rotatable bonds is 6. The van der Waals surface area contributed by atoms with E-state index in [9.17, 15) is 4.79 Å². The minimum Gasteiger partial charge on any atom is -0.292 e. The minimum absolute atomic E-state index is 0.0648. The molecular weight excluding hydrogens is 260 g/mol. The van der Waals surface area contributed by atoms with Crippen molar-refractivity contribution in [2.24, 2.45) is 4.99 Å². The van der Waals surface area contributed by atoms with Crippen LogP contribution in [0.1, 0.15) is 48.2 Å². The highest BCUT2D eigenvalue weighted by atomic mass is 16.2. The van der Waals surface area contributed by atoms with E-state index in [0.717, 1.165) is 29.7 Å². The zero-order valence-electron chi connectivity index (χ0n) is 13.4. The second-order valence-corrected chi connectivity index (χ2v) is 4.91. The van der Waals surface area contributed by atoms with E-state index in [1.54, 1.807) is 18.6 Å². The summed E-state index contributed by atoms with van der Waals surface area (Å²) in [6.45, 7) is 11.6. The highest BCUT2D eigenvalue weighted by Gasteiger charge is 2.15. The van der Waals surface area contributed by atoms with Gasteiger partial charge in [0, 0.05) is 24.2 Å².